The third-order valence-electron chi connectivity index (χ3n) is 8.43. The van der Waals surface area contributed by atoms with Crippen molar-refractivity contribution in [3.8, 4) is 23.0 Å². The highest BCUT2D eigenvalue weighted by Crippen LogP contribution is 2.30. The molecule has 3 aromatic rings. The first-order chi connectivity index (χ1) is 21.7. The van der Waals surface area contributed by atoms with Gasteiger partial charge in [-0.05, 0) is 74.6 Å². The first kappa shape index (κ1) is 33.1. The zero-order valence-electron chi connectivity index (χ0n) is 25.9. The van der Waals surface area contributed by atoms with Crippen LogP contribution in [0.15, 0.2) is 42.7 Å². The number of carbonyl (C=O) groups is 2. The number of rotatable bonds is 12. The highest BCUT2D eigenvalue weighted by atomic mass is 35.5. The molecule has 1 amide bonds. The molecular weight excluding hydrogens is 613 g/mol. The summed E-state index contributed by atoms with van der Waals surface area (Å²) in [7, 11) is 0. The van der Waals surface area contributed by atoms with E-state index in [1.165, 1.54) is 0 Å². The third-order valence-corrected chi connectivity index (χ3v) is 8.86. The molecule has 2 aliphatic rings. The molecule has 0 saturated carbocycles. The molecule has 1 unspecified atom stereocenters. The molecule has 2 fully saturated rings. The topological polar surface area (TPSA) is 104 Å². The van der Waals surface area contributed by atoms with E-state index in [1.54, 1.807) is 25.4 Å². The number of pyridine rings is 1. The van der Waals surface area contributed by atoms with E-state index in [4.69, 9.17) is 32.9 Å². The Morgan fingerprint density at radius 1 is 0.978 bits per heavy atom. The van der Waals surface area contributed by atoms with Gasteiger partial charge in [-0.25, -0.2) is 15.0 Å². The van der Waals surface area contributed by atoms with Gasteiger partial charge < -0.3 is 19.7 Å². The highest BCUT2D eigenvalue weighted by molar-refractivity contribution is 6.35. The number of likely N-dealkylation sites (tertiary alicyclic amines) is 1. The summed E-state index contributed by atoms with van der Waals surface area (Å²) in [6, 6.07) is 9.37. The molecule has 10 nitrogen and oxygen atoms in total. The van der Waals surface area contributed by atoms with Crippen LogP contribution in [0.3, 0.4) is 0 Å². The number of aromatic nitrogens is 3. The molecule has 1 aromatic carbocycles. The molecule has 1 N–H and O–H groups in total. The van der Waals surface area contributed by atoms with Crippen molar-refractivity contribution in [2.45, 2.75) is 39.7 Å². The summed E-state index contributed by atoms with van der Waals surface area (Å²) < 4.78 is 6.16. The Balaban J connectivity index is 1.25. The van der Waals surface area contributed by atoms with Gasteiger partial charge in [0.1, 0.15) is 12.1 Å². The van der Waals surface area contributed by atoms with E-state index >= 15 is 0 Å². The summed E-state index contributed by atoms with van der Waals surface area (Å²) in [5.74, 6) is 2.19. The fourth-order valence-corrected chi connectivity index (χ4v) is 6.26. The minimum Gasteiger partial charge on any atom is -0.419 e. The second-order valence-electron chi connectivity index (χ2n) is 12.1. The van der Waals surface area contributed by atoms with Crippen LogP contribution in [0.2, 0.25) is 10.0 Å². The Labute approximate surface area is 275 Å². The number of halogens is 2. The second-order valence-corrected chi connectivity index (χ2v) is 12.9. The van der Waals surface area contributed by atoms with E-state index in [0.29, 0.717) is 33.4 Å². The van der Waals surface area contributed by atoms with Crippen molar-refractivity contribution in [3.05, 3.63) is 58.3 Å². The van der Waals surface area contributed by atoms with Crippen LogP contribution in [-0.4, -0.2) is 89.3 Å². The molecule has 1 atom stereocenters. The lowest BCUT2D eigenvalue weighted by Gasteiger charge is -2.35. The molecule has 45 heavy (non-hydrogen) atoms. The third kappa shape index (κ3) is 9.84. The monoisotopic (exact) mass is 653 g/mol. The molecule has 2 saturated heterocycles. The number of nitrogens with one attached hydrogen (secondary N) is 1. The molecule has 5 rings (SSSR count). The van der Waals surface area contributed by atoms with Gasteiger partial charge in [-0.3, -0.25) is 14.6 Å². The first-order valence-electron chi connectivity index (χ1n) is 15.6. The number of piperazine rings is 1. The van der Waals surface area contributed by atoms with E-state index in [9.17, 15) is 9.59 Å². The number of hydrogen-bond acceptors (Lipinski definition) is 9. The standard InChI is InChI=1S/C33H41Cl2N7O3/c1-23(22-43)3-6-40-9-11-42(12-10-40)31-19-38-33(20-37-31)45-32-14-26(13-30(39-32)27-15-28(34)17-29(35)16-27)21-41-7-4-25(5-8-41)18-36-24(2)44/h13-17,19-20,22-23,25H,3-12,18,21H2,1-2H3,(H,36,44). The lowest BCUT2D eigenvalue weighted by atomic mass is 9.96. The van der Waals surface area contributed by atoms with E-state index in [1.807, 2.05) is 31.2 Å². The van der Waals surface area contributed by atoms with Gasteiger partial charge in [-0.2, -0.15) is 0 Å². The fourth-order valence-electron chi connectivity index (χ4n) is 5.73. The van der Waals surface area contributed by atoms with Gasteiger partial charge in [0.2, 0.25) is 17.7 Å². The molecule has 2 aromatic heterocycles. The van der Waals surface area contributed by atoms with Crippen LogP contribution in [0.5, 0.6) is 11.8 Å². The van der Waals surface area contributed by atoms with Gasteiger partial charge in [0, 0.05) is 73.8 Å². The maximum absolute atomic E-state index is 11.3. The minimum atomic E-state index is 0.0193. The fraction of sp³-hybridized carbons (Fsp3) is 0.485. The van der Waals surface area contributed by atoms with Crippen LogP contribution in [0.1, 0.15) is 38.7 Å². The normalized spacial score (nSPS) is 17.2. The van der Waals surface area contributed by atoms with Crippen LogP contribution in [0, 0.1) is 11.8 Å². The maximum Gasteiger partial charge on any atom is 0.239 e. The van der Waals surface area contributed by atoms with Gasteiger partial charge in [0.05, 0.1) is 18.1 Å². The first-order valence-corrected chi connectivity index (χ1v) is 16.4. The molecule has 0 aliphatic carbocycles. The lowest BCUT2D eigenvalue weighted by molar-refractivity contribution is -0.119. The van der Waals surface area contributed by atoms with Crippen molar-refractivity contribution in [3.63, 3.8) is 0 Å². The minimum absolute atomic E-state index is 0.0193. The number of nitrogens with zero attached hydrogens (tertiary/aromatic N) is 6. The Morgan fingerprint density at radius 3 is 2.36 bits per heavy atom. The van der Waals surface area contributed by atoms with E-state index in [0.717, 1.165) is 101 Å². The summed E-state index contributed by atoms with van der Waals surface area (Å²) in [6.45, 7) is 11.4. The van der Waals surface area contributed by atoms with E-state index in [-0.39, 0.29) is 11.8 Å². The molecule has 0 bridgehead atoms. The number of benzene rings is 1. The second kappa shape index (κ2) is 15.8. The number of ether oxygens (including phenoxy) is 1. The average Bonchev–Trinajstić information content (AvgIpc) is 3.03. The molecule has 12 heteroatoms. The predicted octanol–water partition coefficient (Wildman–Crippen LogP) is 5.33. The smallest absolute Gasteiger partial charge is 0.239 e. The number of piperidine rings is 1. The van der Waals surface area contributed by atoms with Gasteiger partial charge in [0.15, 0.2) is 0 Å². The maximum atomic E-state index is 11.3. The Hall–Kier alpha value is -3.31. The van der Waals surface area contributed by atoms with Gasteiger partial charge >= 0.3 is 0 Å². The van der Waals surface area contributed by atoms with Crippen LogP contribution < -0.4 is 15.0 Å². The van der Waals surface area contributed by atoms with Crippen molar-refractivity contribution in [2.75, 3.05) is 57.3 Å². The van der Waals surface area contributed by atoms with Gasteiger partial charge in [0.25, 0.3) is 0 Å². The van der Waals surface area contributed by atoms with Crippen LogP contribution in [-0.2, 0) is 16.1 Å². The largest absolute Gasteiger partial charge is 0.419 e. The molecule has 0 spiro atoms. The SMILES string of the molecule is CC(=O)NCC1CCN(Cc2cc(Oc3cnc(N4CCN(CCC(C)C=O)CC4)cn3)nc(-c3cc(Cl)cc(Cl)c3)c2)CC1. The molecular formula is C33H41Cl2N7O3. The molecule has 2 aliphatic heterocycles. The van der Waals surface area contributed by atoms with Crippen LogP contribution >= 0.6 is 23.2 Å². The predicted molar refractivity (Wildman–Crippen MR) is 177 cm³/mol. The number of amides is 1. The summed E-state index contributed by atoms with van der Waals surface area (Å²) in [5, 5.41) is 4.02. The lowest BCUT2D eigenvalue weighted by Crippen LogP contribution is -2.47. The molecule has 240 valence electrons. The zero-order chi connectivity index (χ0) is 31.8. The molecule has 4 heterocycles. The quantitative estimate of drug-likeness (QED) is 0.260. The summed E-state index contributed by atoms with van der Waals surface area (Å²) >= 11 is 12.7. The number of aldehydes is 1. The van der Waals surface area contributed by atoms with Gasteiger partial charge in [-0.15, -0.1) is 0 Å². The van der Waals surface area contributed by atoms with Crippen LogP contribution in [0.4, 0.5) is 5.82 Å². The zero-order valence-corrected chi connectivity index (χ0v) is 27.4. The highest BCUT2D eigenvalue weighted by Gasteiger charge is 2.21. The van der Waals surface area contributed by atoms with Gasteiger partial charge in [-0.1, -0.05) is 30.1 Å². The van der Waals surface area contributed by atoms with Crippen molar-refractivity contribution < 1.29 is 14.3 Å². The summed E-state index contributed by atoms with van der Waals surface area (Å²) in [4.78, 5) is 43.2. The summed E-state index contributed by atoms with van der Waals surface area (Å²) in [6.07, 6.45) is 7.35. The Kier molecular flexibility index (Phi) is 11.6. The van der Waals surface area contributed by atoms with Crippen LogP contribution in [0.25, 0.3) is 11.3 Å². The van der Waals surface area contributed by atoms with Crippen molar-refractivity contribution in [1.29, 1.82) is 0 Å². The number of hydrogen-bond donors (Lipinski definition) is 1. The van der Waals surface area contributed by atoms with E-state index < -0.39 is 0 Å². The van der Waals surface area contributed by atoms with Crippen molar-refractivity contribution in [2.24, 2.45) is 11.8 Å². The van der Waals surface area contributed by atoms with Crippen molar-refractivity contribution >= 4 is 41.2 Å². The summed E-state index contributed by atoms with van der Waals surface area (Å²) in [5.41, 5.74) is 2.56. The Morgan fingerprint density at radius 2 is 1.71 bits per heavy atom. The van der Waals surface area contributed by atoms with E-state index in [2.05, 4.69) is 30.0 Å². The van der Waals surface area contributed by atoms with Crippen molar-refractivity contribution in [1.82, 2.24) is 30.1 Å². The number of anilines is 1. The average molecular weight is 655 g/mol. The molecule has 0 radical (unpaired) electrons. The Bertz CT molecular complexity index is 1420. The number of carbonyl (C=O) groups excluding carboxylic acids is 2.